The van der Waals surface area contributed by atoms with E-state index in [0.717, 1.165) is 12.8 Å². The van der Waals surface area contributed by atoms with E-state index in [1.807, 2.05) is 6.08 Å². The maximum Gasteiger partial charge on any atom is 0.261 e. The molecule has 0 radical (unpaired) electrons. The average Bonchev–Trinajstić information content (AvgIpc) is 3.39. The minimum absolute atomic E-state index is 0.0151. The lowest BCUT2D eigenvalue weighted by Crippen LogP contribution is -2.66. The van der Waals surface area contributed by atoms with E-state index in [2.05, 4.69) is 88.0 Å². The van der Waals surface area contributed by atoms with E-state index in [0.29, 0.717) is 12.7 Å². The standard InChI is InChI=1S/C23H30O2Si/c1-5-6-17-21-22(25-21)18-24-26(23(2,3)4,19-13-9-7-10-14-19)20-15-11-8-12-16-20/h5,7-16,21-22H,1,6,17-18H2,2-4H3/t21-,22+/m0/s1. The van der Waals surface area contributed by atoms with Crippen molar-refractivity contribution in [2.24, 2.45) is 0 Å². The van der Waals surface area contributed by atoms with Crippen molar-refractivity contribution < 1.29 is 9.16 Å². The van der Waals surface area contributed by atoms with Crippen molar-refractivity contribution >= 4 is 18.7 Å². The highest BCUT2D eigenvalue weighted by atomic mass is 28.4. The lowest BCUT2D eigenvalue weighted by Gasteiger charge is -2.43. The minimum Gasteiger partial charge on any atom is -0.405 e. The smallest absolute Gasteiger partial charge is 0.261 e. The molecule has 1 aliphatic rings. The Balaban J connectivity index is 1.92. The summed E-state index contributed by atoms with van der Waals surface area (Å²) in [5.74, 6) is 0. The van der Waals surface area contributed by atoms with Crippen LogP contribution in [0.25, 0.3) is 0 Å². The summed E-state index contributed by atoms with van der Waals surface area (Å²) >= 11 is 0. The molecule has 2 nitrogen and oxygen atoms in total. The molecule has 0 aliphatic carbocycles. The van der Waals surface area contributed by atoms with Crippen LogP contribution >= 0.6 is 0 Å². The van der Waals surface area contributed by atoms with E-state index < -0.39 is 8.32 Å². The molecule has 3 heteroatoms. The third-order valence-electron chi connectivity index (χ3n) is 5.22. The van der Waals surface area contributed by atoms with E-state index in [-0.39, 0.29) is 11.1 Å². The predicted molar refractivity (Wildman–Crippen MR) is 112 cm³/mol. The van der Waals surface area contributed by atoms with Gasteiger partial charge >= 0.3 is 0 Å². The van der Waals surface area contributed by atoms with Gasteiger partial charge in [0.15, 0.2) is 0 Å². The second-order valence-corrected chi connectivity index (χ2v) is 12.4. The second kappa shape index (κ2) is 7.91. The maximum absolute atomic E-state index is 6.89. The molecule has 1 heterocycles. The van der Waals surface area contributed by atoms with Crippen molar-refractivity contribution in [2.45, 2.75) is 50.9 Å². The lowest BCUT2D eigenvalue weighted by atomic mass is 10.2. The first kappa shape index (κ1) is 19.1. The van der Waals surface area contributed by atoms with Crippen LogP contribution in [0.3, 0.4) is 0 Å². The molecule has 0 N–H and O–H groups in total. The number of ether oxygens (including phenoxy) is 1. The minimum atomic E-state index is -2.43. The van der Waals surface area contributed by atoms with Crippen molar-refractivity contribution in [3.05, 3.63) is 73.3 Å². The van der Waals surface area contributed by atoms with Crippen molar-refractivity contribution in [2.75, 3.05) is 6.61 Å². The van der Waals surface area contributed by atoms with Crippen LogP contribution in [0.4, 0.5) is 0 Å². The first-order chi connectivity index (χ1) is 12.5. The fourth-order valence-corrected chi connectivity index (χ4v) is 8.40. The summed E-state index contributed by atoms with van der Waals surface area (Å²) < 4.78 is 12.7. The number of benzene rings is 2. The Morgan fingerprint density at radius 2 is 1.50 bits per heavy atom. The van der Waals surface area contributed by atoms with Gasteiger partial charge in [0.05, 0.1) is 12.7 Å². The summed E-state index contributed by atoms with van der Waals surface area (Å²) in [4.78, 5) is 0. The van der Waals surface area contributed by atoms with E-state index in [9.17, 15) is 0 Å². The zero-order valence-corrected chi connectivity index (χ0v) is 17.2. The summed E-state index contributed by atoms with van der Waals surface area (Å²) in [6.45, 7) is 11.4. The Morgan fingerprint density at radius 3 is 1.96 bits per heavy atom. The summed E-state index contributed by atoms with van der Waals surface area (Å²) in [7, 11) is -2.43. The Hall–Kier alpha value is -1.68. The molecule has 138 valence electrons. The van der Waals surface area contributed by atoms with Crippen molar-refractivity contribution in [1.29, 1.82) is 0 Å². The molecular weight excluding hydrogens is 336 g/mol. The largest absolute Gasteiger partial charge is 0.405 e. The van der Waals surface area contributed by atoms with Crippen LogP contribution in [0.5, 0.6) is 0 Å². The van der Waals surface area contributed by atoms with Crippen LogP contribution in [0, 0.1) is 0 Å². The highest BCUT2D eigenvalue weighted by Gasteiger charge is 2.51. The molecule has 0 unspecified atom stereocenters. The van der Waals surface area contributed by atoms with Gasteiger partial charge in [-0.25, -0.2) is 0 Å². The summed E-state index contributed by atoms with van der Waals surface area (Å²) in [5.41, 5.74) is 0. The quantitative estimate of drug-likeness (QED) is 0.395. The Kier molecular flexibility index (Phi) is 5.81. The summed E-state index contributed by atoms with van der Waals surface area (Å²) in [6.07, 6.45) is 4.54. The third kappa shape index (κ3) is 3.85. The Morgan fingerprint density at radius 1 is 0.962 bits per heavy atom. The molecule has 2 atom stereocenters. The molecule has 2 aromatic rings. The van der Waals surface area contributed by atoms with Gasteiger partial charge in [-0.3, -0.25) is 0 Å². The van der Waals surface area contributed by atoms with Crippen molar-refractivity contribution in [3.63, 3.8) is 0 Å². The molecule has 26 heavy (non-hydrogen) atoms. The van der Waals surface area contributed by atoms with Crippen LogP contribution in [0.15, 0.2) is 73.3 Å². The number of allylic oxidation sites excluding steroid dienone is 1. The number of hydrogen-bond donors (Lipinski definition) is 0. The predicted octanol–water partition coefficient (Wildman–Crippen LogP) is 4.30. The van der Waals surface area contributed by atoms with Crippen molar-refractivity contribution in [1.82, 2.24) is 0 Å². The highest BCUT2D eigenvalue weighted by molar-refractivity contribution is 6.99. The third-order valence-corrected chi connectivity index (χ3v) is 10.2. The van der Waals surface area contributed by atoms with Crippen LogP contribution in [-0.2, 0) is 9.16 Å². The van der Waals surface area contributed by atoms with Gasteiger partial charge < -0.3 is 9.16 Å². The van der Waals surface area contributed by atoms with Gasteiger partial charge in [0.2, 0.25) is 0 Å². The van der Waals surface area contributed by atoms with Crippen LogP contribution in [-0.4, -0.2) is 27.1 Å². The van der Waals surface area contributed by atoms with Crippen LogP contribution in [0.2, 0.25) is 5.04 Å². The molecule has 0 aromatic heterocycles. The molecular formula is C23H30O2Si. The monoisotopic (exact) mass is 366 g/mol. The molecule has 0 spiro atoms. The SMILES string of the molecule is C=CCC[C@@H]1O[C@@H]1CO[Si](c1ccccc1)(c1ccccc1)C(C)(C)C. The highest BCUT2D eigenvalue weighted by Crippen LogP contribution is 2.38. The lowest BCUT2D eigenvalue weighted by molar-refractivity contribution is 0.247. The number of epoxide rings is 1. The molecule has 1 fully saturated rings. The number of hydrogen-bond acceptors (Lipinski definition) is 2. The molecule has 2 aromatic carbocycles. The zero-order chi connectivity index (χ0) is 18.6. The fraction of sp³-hybridized carbons (Fsp3) is 0.391. The Labute approximate surface area is 159 Å². The van der Waals surface area contributed by atoms with Gasteiger partial charge in [-0.05, 0) is 28.3 Å². The molecule has 0 saturated carbocycles. The Bertz CT molecular complexity index is 666. The van der Waals surface area contributed by atoms with Crippen molar-refractivity contribution in [3.8, 4) is 0 Å². The molecule has 1 saturated heterocycles. The van der Waals surface area contributed by atoms with Gasteiger partial charge in [-0.2, -0.15) is 0 Å². The summed E-state index contributed by atoms with van der Waals surface area (Å²) in [6, 6.07) is 21.6. The molecule has 1 aliphatic heterocycles. The topological polar surface area (TPSA) is 21.8 Å². The van der Waals surface area contributed by atoms with Gasteiger partial charge in [0.25, 0.3) is 8.32 Å². The van der Waals surface area contributed by atoms with Gasteiger partial charge in [-0.1, -0.05) is 87.5 Å². The van der Waals surface area contributed by atoms with Crippen LogP contribution in [0.1, 0.15) is 33.6 Å². The fourth-order valence-electron chi connectivity index (χ4n) is 3.83. The summed E-state index contributed by atoms with van der Waals surface area (Å²) in [5, 5.41) is 2.66. The average molecular weight is 367 g/mol. The maximum atomic E-state index is 6.89. The van der Waals surface area contributed by atoms with E-state index >= 15 is 0 Å². The van der Waals surface area contributed by atoms with Gasteiger partial charge in [0, 0.05) is 0 Å². The zero-order valence-electron chi connectivity index (χ0n) is 16.2. The van der Waals surface area contributed by atoms with Crippen LogP contribution < -0.4 is 10.4 Å². The number of rotatable bonds is 8. The molecule has 0 bridgehead atoms. The van der Waals surface area contributed by atoms with E-state index in [1.54, 1.807) is 0 Å². The van der Waals surface area contributed by atoms with E-state index in [1.165, 1.54) is 10.4 Å². The second-order valence-electron chi connectivity index (χ2n) is 8.05. The first-order valence-corrected chi connectivity index (χ1v) is 11.4. The first-order valence-electron chi connectivity index (χ1n) is 9.50. The van der Waals surface area contributed by atoms with Gasteiger partial charge in [-0.15, -0.1) is 6.58 Å². The molecule has 0 amide bonds. The molecule has 3 rings (SSSR count). The van der Waals surface area contributed by atoms with E-state index in [4.69, 9.17) is 9.16 Å². The normalized spacial score (nSPS) is 20.0. The van der Waals surface area contributed by atoms with Gasteiger partial charge in [0.1, 0.15) is 6.10 Å².